The largest absolute Gasteiger partial charge is 0.490 e. The van der Waals surface area contributed by atoms with Crippen LogP contribution in [0, 0.1) is 5.92 Å². The van der Waals surface area contributed by atoms with Crippen molar-refractivity contribution in [2.45, 2.75) is 26.2 Å². The third-order valence-corrected chi connectivity index (χ3v) is 5.04. The molecule has 0 fully saturated rings. The highest BCUT2D eigenvalue weighted by Crippen LogP contribution is 2.31. The second kappa shape index (κ2) is 7.78. The van der Waals surface area contributed by atoms with Crippen molar-refractivity contribution in [2.75, 3.05) is 13.2 Å². The molecule has 0 bridgehead atoms. The standard InChI is InChI=1S/C23H23NO3/c1-16-11-12-21-19(15-16)22(18-9-5-6-10-20(18)24-21)23(25)27-14-13-26-17-7-3-2-4-8-17/h2-10,16H,11-15H2,1H3/t16-/m0/s1. The van der Waals surface area contributed by atoms with Gasteiger partial charge in [0.2, 0.25) is 0 Å². The molecular weight excluding hydrogens is 338 g/mol. The van der Waals surface area contributed by atoms with Gasteiger partial charge in [0.25, 0.3) is 0 Å². The minimum absolute atomic E-state index is 0.217. The molecule has 1 heterocycles. The first kappa shape index (κ1) is 17.5. The Bertz CT molecular complexity index is 952. The molecule has 138 valence electrons. The van der Waals surface area contributed by atoms with Gasteiger partial charge in [0.1, 0.15) is 19.0 Å². The van der Waals surface area contributed by atoms with Crippen LogP contribution in [0.2, 0.25) is 0 Å². The average molecular weight is 361 g/mol. The first-order valence-corrected chi connectivity index (χ1v) is 9.48. The molecule has 0 amide bonds. The quantitative estimate of drug-likeness (QED) is 0.492. The molecule has 4 heteroatoms. The van der Waals surface area contributed by atoms with Crippen LogP contribution in [-0.2, 0) is 17.6 Å². The van der Waals surface area contributed by atoms with Crippen molar-refractivity contribution in [3.8, 4) is 5.75 Å². The van der Waals surface area contributed by atoms with E-state index in [0.717, 1.165) is 47.2 Å². The van der Waals surface area contributed by atoms with Crippen molar-refractivity contribution >= 4 is 16.9 Å². The van der Waals surface area contributed by atoms with Gasteiger partial charge in [0.05, 0.1) is 11.1 Å². The van der Waals surface area contributed by atoms with Crippen LogP contribution in [0.25, 0.3) is 10.9 Å². The van der Waals surface area contributed by atoms with E-state index in [0.29, 0.717) is 18.1 Å². The number of esters is 1. The van der Waals surface area contributed by atoms with E-state index in [1.54, 1.807) is 0 Å². The molecule has 1 aromatic heterocycles. The van der Waals surface area contributed by atoms with Crippen LogP contribution >= 0.6 is 0 Å². The summed E-state index contributed by atoms with van der Waals surface area (Å²) in [4.78, 5) is 17.7. The summed E-state index contributed by atoms with van der Waals surface area (Å²) in [6.07, 6.45) is 2.90. The second-order valence-electron chi connectivity index (χ2n) is 7.07. The van der Waals surface area contributed by atoms with E-state index in [4.69, 9.17) is 14.5 Å². The number of carbonyl (C=O) groups excluding carboxylic acids is 1. The summed E-state index contributed by atoms with van der Waals surface area (Å²) in [5.41, 5.74) is 3.64. The monoisotopic (exact) mass is 361 g/mol. The molecule has 1 aliphatic carbocycles. The van der Waals surface area contributed by atoms with Gasteiger partial charge in [0, 0.05) is 11.1 Å². The molecule has 0 saturated heterocycles. The molecule has 0 aliphatic heterocycles. The van der Waals surface area contributed by atoms with E-state index in [9.17, 15) is 4.79 Å². The van der Waals surface area contributed by atoms with E-state index >= 15 is 0 Å². The molecule has 0 unspecified atom stereocenters. The Hall–Kier alpha value is -2.88. The van der Waals surface area contributed by atoms with E-state index < -0.39 is 0 Å². The number of hydrogen-bond donors (Lipinski definition) is 0. The molecule has 0 N–H and O–H groups in total. The SMILES string of the molecule is C[C@H]1CCc2nc3ccccc3c(C(=O)OCCOc3ccccc3)c2C1. The van der Waals surface area contributed by atoms with E-state index in [1.807, 2.05) is 54.6 Å². The average Bonchev–Trinajstić information content (AvgIpc) is 2.70. The lowest BCUT2D eigenvalue weighted by Crippen LogP contribution is -2.20. The van der Waals surface area contributed by atoms with Crippen molar-refractivity contribution < 1.29 is 14.3 Å². The lowest BCUT2D eigenvalue weighted by molar-refractivity contribution is 0.0451. The third-order valence-electron chi connectivity index (χ3n) is 5.04. The second-order valence-corrected chi connectivity index (χ2v) is 7.07. The fourth-order valence-corrected chi connectivity index (χ4v) is 3.68. The zero-order valence-electron chi connectivity index (χ0n) is 15.5. The lowest BCUT2D eigenvalue weighted by Gasteiger charge is -2.24. The van der Waals surface area contributed by atoms with Gasteiger partial charge < -0.3 is 9.47 Å². The number of para-hydroxylation sites is 2. The maximum Gasteiger partial charge on any atom is 0.339 e. The Morgan fingerprint density at radius 1 is 1.07 bits per heavy atom. The Morgan fingerprint density at radius 3 is 2.70 bits per heavy atom. The predicted octanol–water partition coefficient (Wildman–Crippen LogP) is 4.60. The van der Waals surface area contributed by atoms with Crippen LogP contribution in [0.3, 0.4) is 0 Å². The van der Waals surface area contributed by atoms with E-state index in [1.165, 1.54) is 0 Å². The van der Waals surface area contributed by atoms with Crippen LogP contribution in [0.4, 0.5) is 0 Å². The van der Waals surface area contributed by atoms with Crippen LogP contribution in [0.15, 0.2) is 54.6 Å². The van der Waals surface area contributed by atoms with Gasteiger partial charge >= 0.3 is 5.97 Å². The first-order chi connectivity index (χ1) is 13.2. The lowest BCUT2D eigenvalue weighted by atomic mass is 9.84. The van der Waals surface area contributed by atoms with Crippen molar-refractivity contribution in [2.24, 2.45) is 5.92 Å². The Kier molecular flexibility index (Phi) is 5.05. The van der Waals surface area contributed by atoms with Gasteiger partial charge in [-0.1, -0.05) is 43.3 Å². The Balaban J connectivity index is 1.54. The number of nitrogens with zero attached hydrogens (tertiary/aromatic N) is 1. The Morgan fingerprint density at radius 2 is 1.85 bits per heavy atom. The molecule has 0 saturated carbocycles. The van der Waals surface area contributed by atoms with Crippen molar-refractivity contribution in [1.82, 2.24) is 4.98 Å². The highest BCUT2D eigenvalue weighted by molar-refractivity contribution is 6.05. The molecule has 1 aliphatic rings. The third kappa shape index (κ3) is 3.80. The van der Waals surface area contributed by atoms with Gasteiger partial charge in [-0.15, -0.1) is 0 Å². The van der Waals surface area contributed by atoms with Crippen molar-refractivity contribution in [3.63, 3.8) is 0 Å². The normalized spacial score (nSPS) is 16.0. The van der Waals surface area contributed by atoms with Gasteiger partial charge in [0.15, 0.2) is 0 Å². The smallest absolute Gasteiger partial charge is 0.339 e. The van der Waals surface area contributed by atoms with Crippen LogP contribution in [0.5, 0.6) is 5.75 Å². The number of benzene rings is 2. The minimum atomic E-state index is -0.282. The Labute approximate surface area is 159 Å². The molecule has 0 radical (unpaired) electrons. The summed E-state index contributed by atoms with van der Waals surface area (Å²) in [6.45, 7) is 2.77. The van der Waals surface area contributed by atoms with Gasteiger partial charge in [-0.25, -0.2) is 4.79 Å². The number of ether oxygens (including phenoxy) is 2. The van der Waals surface area contributed by atoms with Crippen LogP contribution in [0.1, 0.15) is 35.0 Å². The van der Waals surface area contributed by atoms with Crippen molar-refractivity contribution in [1.29, 1.82) is 0 Å². The summed E-state index contributed by atoms with van der Waals surface area (Å²) >= 11 is 0. The molecule has 3 aromatic rings. The minimum Gasteiger partial charge on any atom is -0.490 e. The summed E-state index contributed by atoms with van der Waals surface area (Å²) in [5.74, 6) is 1.04. The van der Waals surface area contributed by atoms with Gasteiger partial charge in [-0.2, -0.15) is 0 Å². The van der Waals surface area contributed by atoms with Gasteiger partial charge in [-0.3, -0.25) is 4.98 Å². The van der Waals surface area contributed by atoms with Crippen LogP contribution < -0.4 is 4.74 Å². The number of aryl methyl sites for hydroxylation is 1. The fourth-order valence-electron chi connectivity index (χ4n) is 3.68. The number of aromatic nitrogens is 1. The molecule has 0 spiro atoms. The highest BCUT2D eigenvalue weighted by Gasteiger charge is 2.26. The zero-order valence-corrected chi connectivity index (χ0v) is 15.5. The topological polar surface area (TPSA) is 48.4 Å². The highest BCUT2D eigenvalue weighted by atomic mass is 16.6. The number of fused-ring (bicyclic) bond motifs is 2. The molecular formula is C23H23NO3. The van der Waals surface area contributed by atoms with Crippen LogP contribution in [-0.4, -0.2) is 24.2 Å². The number of rotatable bonds is 5. The zero-order chi connectivity index (χ0) is 18.6. The fraction of sp³-hybridized carbons (Fsp3) is 0.304. The predicted molar refractivity (Wildman–Crippen MR) is 105 cm³/mol. The summed E-state index contributed by atoms with van der Waals surface area (Å²) in [7, 11) is 0. The molecule has 4 rings (SSSR count). The van der Waals surface area contributed by atoms with Gasteiger partial charge in [-0.05, 0) is 48.9 Å². The first-order valence-electron chi connectivity index (χ1n) is 9.48. The summed E-state index contributed by atoms with van der Waals surface area (Å²) in [5, 5.41) is 0.874. The maximum absolute atomic E-state index is 12.9. The number of hydrogen-bond acceptors (Lipinski definition) is 4. The summed E-state index contributed by atoms with van der Waals surface area (Å²) < 4.78 is 11.2. The van der Waals surface area contributed by atoms with E-state index in [2.05, 4.69) is 6.92 Å². The molecule has 4 nitrogen and oxygen atoms in total. The number of carbonyl (C=O) groups is 1. The van der Waals surface area contributed by atoms with E-state index in [-0.39, 0.29) is 12.6 Å². The maximum atomic E-state index is 12.9. The number of pyridine rings is 1. The molecule has 1 atom stereocenters. The summed E-state index contributed by atoms with van der Waals surface area (Å²) in [6, 6.07) is 17.4. The molecule has 2 aromatic carbocycles. The van der Waals surface area contributed by atoms with Crippen molar-refractivity contribution in [3.05, 3.63) is 71.4 Å². The molecule has 27 heavy (non-hydrogen) atoms.